The molecule has 0 aliphatic carbocycles. The van der Waals surface area contributed by atoms with E-state index in [2.05, 4.69) is 39.8 Å². The number of aliphatic hydroxyl groups is 1. The number of phosphoric ester groups is 2. The molecule has 19 heteroatoms. The van der Waals surface area contributed by atoms with Crippen LogP contribution in [0.1, 0.15) is 387 Å². The van der Waals surface area contributed by atoms with Crippen molar-refractivity contribution in [2.45, 2.75) is 406 Å². The van der Waals surface area contributed by atoms with Crippen molar-refractivity contribution >= 4 is 39.5 Å². The highest BCUT2D eigenvalue weighted by molar-refractivity contribution is 7.47. The van der Waals surface area contributed by atoms with Gasteiger partial charge in [-0.05, 0) is 44.9 Å². The van der Waals surface area contributed by atoms with Crippen LogP contribution in [-0.4, -0.2) is 96.7 Å². The lowest BCUT2D eigenvalue weighted by Gasteiger charge is -2.21. The molecule has 0 heterocycles. The molecule has 17 nitrogen and oxygen atoms in total. The van der Waals surface area contributed by atoms with Gasteiger partial charge in [-0.3, -0.25) is 37.3 Å². The second-order valence-corrected chi connectivity index (χ2v) is 29.6. The maximum absolute atomic E-state index is 13.1. The van der Waals surface area contributed by atoms with Crippen molar-refractivity contribution in [2.75, 3.05) is 39.6 Å². The van der Waals surface area contributed by atoms with Crippen molar-refractivity contribution in [3.8, 4) is 0 Å². The SMILES string of the molecule is CCCC/C=C\CCCCCCCC(=O)OC(COC(=O)CCCCCCCCCCCCCCC)COP(=O)(O)OCC(O)COP(=O)(O)OCC(COC(=O)CCCCCCCCCCCCCCCCC)OC(=O)CCCCCCCCCCCCCCCCC. The number of hydrogen-bond acceptors (Lipinski definition) is 15. The topological polar surface area (TPSA) is 237 Å². The Bertz CT molecular complexity index is 1840. The third-order valence-corrected chi connectivity index (χ3v) is 19.2. The number of ether oxygens (including phenoxy) is 4. The number of carbonyl (C=O) groups excluding carboxylic acids is 4. The van der Waals surface area contributed by atoms with Crippen LogP contribution in [0.3, 0.4) is 0 Å². The van der Waals surface area contributed by atoms with Gasteiger partial charge >= 0.3 is 39.5 Å². The van der Waals surface area contributed by atoms with Gasteiger partial charge in [0.05, 0.1) is 26.4 Å². The van der Waals surface area contributed by atoms with Gasteiger partial charge in [-0.25, -0.2) is 9.13 Å². The number of aliphatic hydroxyl groups excluding tert-OH is 1. The summed E-state index contributed by atoms with van der Waals surface area (Å²) in [4.78, 5) is 72.8. The van der Waals surface area contributed by atoms with Crippen molar-refractivity contribution in [1.82, 2.24) is 0 Å². The van der Waals surface area contributed by atoms with Crippen molar-refractivity contribution in [3.63, 3.8) is 0 Å². The van der Waals surface area contributed by atoms with Gasteiger partial charge in [0.2, 0.25) is 0 Å². The quantitative estimate of drug-likeness (QED) is 0.0169. The molecule has 0 aromatic carbocycles. The maximum atomic E-state index is 13.1. The van der Waals surface area contributed by atoms with E-state index < -0.39 is 97.5 Å². The molecule has 0 radical (unpaired) electrons. The van der Waals surface area contributed by atoms with Gasteiger partial charge in [0.15, 0.2) is 12.2 Å². The predicted molar refractivity (Wildman–Crippen MR) is 382 cm³/mol. The van der Waals surface area contributed by atoms with Crippen LogP contribution in [0.5, 0.6) is 0 Å². The first-order valence-electron chi connectivity index (χ1n) is 38.9. The minimum absolute atomic E-state index is 0.0939. The molecule has 5 atom stereocenters. The van der Waals surface area contributed by atoms with E-state index in [4.69, 9.17) is 37.0 Å². The Hall–Kier alpha value is -2.20. The molecule has 0 aromatic rings. The molecule has 556 valence electrons. The number of rotatable bonds is 75. The first-order valence-corrected chi connectivity index (χ1v) is 41.9. The molecule has 0 saturated heterocycles. The van der Waals surface area contributed by atoms with Crippen LogP contribution in [-0.2, 0) is 65.4 Å². The highest BCUT2D eigenvalue weighted by Crippen LogP contribution is 2.45. The van der Waals surface area contributed by atoms with E-state index in [-0.39, 0.29) is 25.7 Å². The van der Waals surface area contributed by atoms with E-state index in [1.165, 1.54) is 205 Å². The summed E-state index contributed by atoms with van der Waals surface area (Å²) in [5.74, 6) is -2.13. The van der Waals surface area contributed by atoms with Gasteiger partial charge in [-0.15, -0.1) is 0 Å². The lowest BCUT2D eigenvalue weighted by atomic mass is 10.0. The van der Waals surface area contributed by atoms with Crippen LogP contribution in [0.25, 0.3) is 0 Å². The highest BCUT2D eigenvalue weighted by atomic mass is 31.2. The fourth-order valence-corrected chi connectivity index (χ4v) is 12.8. The van der Waals surface area contributed by atoms with Crippen molar-refractivity contribution in [3.05, 3.63) is 12.2 Å². The predicted octanol–water partition coefficient (Wildman–Crippen LogP) is 22.0. The second-order valence-electron chi connectivity index (χ2n) is 26.7. The van der Waals surface area contributed by atoms with Crippen LogP contribution >= 0.6 is 15.6 Å². The van der Waals surface area contributed by atoms with E-state index in [9.17, 15) is 43.2 Å². The summed E-state index contributed by atoms with van der Waals surface area (Å²) in [6.07, 6.45) is 60.5. The lowest BCUT2D eigenvalue weighted by molar-refractivity contribution is -0.161. The molecule has 94 heavy (non-hydrogen) atoms. The molecule has 0 fully saturated rings. The van der Waals surface area contributed by atoms with E-state index in [1.807, 2.05) is 0 Å². The van der Waals surface area contributed by atoms with Crippen molar-refractivity contribution < 1.29 is 80.2 Å². The maximum Gasteiger partial charge on any atom is 0.472 e. The second kappa shape index (κ2) is 69.3. The molecule has 0 aliphatic rings. The normalized spacial score (nSPS) is 14.0. The molecular formula is C75H144O17P2. The largest absolute Gasteiger partial charge is 0.472 e. The summed E-state index contributed by atoms with van der Waals surface area (Å²) in [6.45, 7) is 4.93. The first kappa shape index (κ1) is 91.8. The molecule has 3 N–H and O–H groups in total. The molecule has 0 aliphatic heterocycles. The number of hydrogen-bond donors (Lipinski definition) is 3. The lowest BCUT2D eigenvalue weighted by Crippen LogP contribution is -2.30. The third kappa shape index (κ3) is 68.3. The van der Waals surface area contributed by atoms with Crippen LogP contribution in [0.4, 0.5) is 0 Å². The molecular weight excluding hydrogens is 1230 g/mol. The Morgan fingerprint density at radius 1 is 0.287 bits per heavy atom. The average molecular weight is 1380 g/mol. The number of unbranched alkanes of at least 4 members (excludes halogenated alkanes) is 47. The molecule has 0 amide bonds. The first-order chi connectivity index (χ1) is 45.7. The Kier molecular flexibility index (Phi) is 67.7. The highest BCUT2D eigenvalue weighted by Gasteiger charge is 2.30. The van der Waals surface area contributed by atoms with Crippen molar-refractivity contribution in [2.24, 2.45) is 0 Å². The van der Waals surface area contributed by atoms with Gasteiger partial charge in [-0.2, -0.15) is 0 Å². The summed E-state index contributed by atoms with van der Waals surface area (Å²) in [7, 11) is -9.91. The Morgan fingerprint density at radius 2 is 0.500 bits per heavy atom. The molecule has 0 rings (SSSR count). The van der Waals surface area contributed by atoms with Crippen LogP contribution in [0, 0.1) is 0 Å². The van der Waals surface area contributed by atoms with Crippen LogP contribution < -0.4 is 0 Å². The average Bonchev–Trinajstić information content (AvgIpc) is 1.36. The van der Waals surface area contributed by atoms with E-state index in [1.54, 1.807) is 0 Å². The summed E-state index contributed by atoms with van der Waals surface area (Å²) >= 11 is 0. The van der Waals surface area contributed by atoms with E-state index >= 15 is 0 Å². The summed E-state index contributed by atoms with van der Waals surface area (Å²) in [5, 5.41) is 10.6. The molecule has 0 aromatic heterocycles. The minimum atomic E-state index is -4.96. The van der Waals surface area contributed by atoms with E-state index in [0.29, 0.717) is 25.7 Å². The Morgan fingerprint density at radius 3 is 0.766 bits per heavy atom. The number of esters is 4. The third-order valence-electron chi connectivity index (χ3n) is 17.3. The number of carbonyl (C=O) groups is 4. The summed E-state index contributed by atoms with van der Waals surface area (Å²) in [6, 6.07) is 0. The molecule has 0 bridgehead atoms. The Labute approximate surface area is 574 Å². The fourth-order valence-electron chi connectivity index (χ4n) is 11.3. The monoisotopic (exact) mass is 1380 g/mol. The van der Waals surface area contributed by atoms with Gasteiger partial charge in [0.1, 0.15) is 19.3 Å². The van der Waals surface area contributed by atoms with Gasteiger partial charge in [0, 0.05) is 25.7 Å². The molecule has 5 unspecified atom stereocenters. The summed E-state index contributed by atoms with van der Waals surface area (Å²) < 4.78 is 68.5. The zero-order valence-electron chi connectivity index (χ0n) is 60.7. The van der Waals surface area contributed by atoms with Gasteiger partial charge in [0.25, 0.3) is 0 Å². The zero-order valence-corrected chi connectivity index (χ0v) is 62.5. The number of allylic oxidation sites excluding steroid dienone is 2. The van der Waals surface area contributed by atoms with Gasteiger partial charge in [-0.1, -0.05) is 329 Å². The molecule has 0 saturated carbocycles. The summed E-state index contributed by atoms with van der Waals surface area (Å²) in [5.41, 5.74) is 0. The molecule has 0 spiro atoms. The zero-order chi connectivity index (χ0) is 69.0. The van der Waals surface area contributed by atoms with Gasteiger partial charge < -0.3 is 33.8 Å². The minimum Gasteiger partial charge on any atom is -0.462 e. The standard InChI is InChI=1S/C75H144O17P2/c1-5-9-13-17-21-25-29-32-34-37-41-44-48-52-56-60-73(78)86-66-71(92-75(80)62-58-54-50-46-42-38-35-33-30-26-22-18-14-10-6-2)68-90-94(83,84)88-64-69(76)63-87-93(81,82)89-67-70(91-74(79)61-57-53-49-45-39-28-24-20-16-12-8-4)65-85-72(77)59-55-51-47-43-40-36-31-27-23-19-15-11-7-3/h20,24,69-71,76H,5-19,21-23,25-68H2,1-4H3,(H,81,82)(H,83,84)/b24-20-. The number of phosphoric acid groups is 2. The van der Waals surface area contributed by atoms with Crippen LogP contribution in [0.2, 0.25) is 0 Å². The fraction of sp³-hybridized carbons (Fsp3) is 0.920. The Balaban J connectivity index is 5.25. The van der Waals surface area contributed by atoms with Crippen molar-refractivity contribution in [1.29, 1.82) is 0 Å². The smallest absolute Gasteiger partial charge is 0.462 e. The van der Waals surface area contributed by atoms with Crippen LogP contribution in [0.15, 0.2) is 12.2 Å². The van der Waals surface area contributed by atoms with E-state index in [0.717, 1.165) is 103 Å².